The molecule has 0 amide bonds. The van der Waals surface area contributed by atoms with Crippen LogP contribution >= 0.6 is 0 Å². The topological polar surface area (TPSA) is 37.3 Å². The van der Waals surface area contributed by atoms with Gasteiger partial charge in [-0.05, 0) is 24.8 Å². The highest BCUT2D eigenvalue weighted by Crippen LogP contribution is 2.41. The van der Waals surface area contributed by atoms with E-state index in [-0.39, 0.29) is 5.78 Å². The Labute approximate surface area is 128 Å². The Kier molecular flexibility index (Phi) is 5.98. The van der Waals surface area contributed by atoms with E-state index < -0.39 is 11.5 Å². The standard InChI is InChI=1S/C19H28O2/c1-2-3-4-8-13-17(20)19(15-10-9-14-18(19)21)16-11-6-5-7-12-16/h5-7,11-12,18,21H,2-4,8-10,13-15H2,1H3/t18-,19+/m0/s1. The molecule has 0 unspecified atom stereocenters. The van der Waals surface area contributed by atoms with Gasteiger partial charge in [0.2, 0.25) is 0 Å². The third-order valence-corrected chi connectivity index (χ3v) is 4.91. The molecular weight excluding hydrogens is 260 g/mol. The maximum atomic E-state index is 12.9. The Morgan fingerprint density at radius 2 is 1.95 bits per heavy atom. The van der Waals surface area contributed by atoms with Crippen molar-refractivity contribution in [3.8, 4) is 0 Å². The Balaban J connectivity index is 2.18. The van der Waals surface area contributed by atoms with Crippen molar-refractivity contribution in [2.24, 2.45) is 0 Å². The molecule has 1 aliphatic carbocycles. The van der Waals surface area contributed by atoms with Crippen LogP contribution in [0.4, 0.5) is 0 Å². The molecule has 0 spiro atoms. The average molecular weight is 288 g/mol. The highest BCUT2D eigenvalue weighted by molar-refractivity contribution is 5.91. The largest absolute Gasteiger partial charge is 0.392 e. The summed E-state index contributed by atoms with van der Waals surface area (Å²) in [5, 5.41) is 10.6. The van der Waals surface area contributed by atoms with E-state index >= 15 is 0 Å². The van der Waals surface area contributed by atoms with Gasteiger partial charge in [-0.15, -0.1) is 0 Å². The number of Topliss-reactive ketones (excluding diaryl/α,β-unsaturated/α-hetero) is 1. The number of benzene rings is 1. The smallest absolute Gasteiger partial charge is 0.146 e. The van der Waals surface area contributed by atoms with Gasteiger partial charge in [0.1, 0.15) is 5.78 Å². The molecule has 0 radical (unpaired) electrons. The summed E-state index contributed by atoms with van der Waals surface area (Å²) in [6, 6.07) is 9.95. The lowest BCUT2D eigenvalue weighted by atomic mass is 9.64. The molecule has 1 fully saturated rings. The minimum Gasteiger partial charge on any atom is -0.392 e. The number of carbonyl (C=O) groups excluding carboxylic acids is 1. The van der Waals surface area contributed by atoms with Crippen LogP contribution in [0.1, 0.15) is 70.3 Å². The second-order valence-corrected chi connectivity index (χ2v) is 6.33. The lowest BCUT2D eigenvalue weighted by molar-refractivity contribution is -0.131. The summed E-state index contributed by atoms with van der Waals surface area (Å²) in [5.41, 5.74) is 0.365. The fraction of sp³-hybridized carbons (Fsp3) is 0.632. The van der Waals surface area contributed by atoms with Crippen LogP contribution in [-0.4, -0.2) is 17.0 Å². The fourth-order valence-corrected chi connectivity index (χ4v) is 3.65. The van der Waals surface area contributed by atoms with Gasteiger partial charge in [-0.3, -0.25) is 4.79 Å². The lowest BCUT2D eigenvalue weighted by Gasteiger charge is -2.41. The summed E-state index contributed by atoms with van der Waals surface area (Å²) in [6.07, 6.45) is 8.12. The second-order valence-electron chi connectivity index (χ2n) is 6.33. The number of carbonyl (C=O) groups is 1. The van der Waals surface area contributed by atoms with Gasteiger partial charge in [-0.25, -0.2) is 0 Å². The molecule has 21 heavy (non-hydrogen) atoms. The molecule has 2 atom stereocenters. The molecule has 2 rings (SSSR count). The maximum absolute atomic E-state index is 12.9. The Morgan fingerprint density at radius 3 is 2.62 bits per heavy atom. The van der Waals surface area contributed by atoms with Gasteiger partial charge >= 0.3 is 0 Å². The lowest BCUT2D eigenvalue weighted by Crippen LogP contribution is -2.48. The van der Waals surface area contributed by atoms with Crippen LogP contribution in [0.15, 0.2) is 30.3 Å². The number of rotatable bonds is 7. The molecule has 1 saturated carbocycles. The number of hydrogen-bond donors (Lipinski definition) is 1. The first-order chi connectivity index (χ1) is 10.2. The predicted octanol–water partition coefficient (Wildman–Crippen LogP) is 4.40. The summed E-state index contributed by atoms with van der Waals surface area (Å²) in [4.78, 5) is 12.9. The van der Waals surface area contributed by atoms with Crippen LogP contribution < -0.4 is 0 Å². The summed E-state index contributed by atoms with van der Waals surface area (Å²) in [6.45, 7) is 2.18. The van der Waals surface area contributed by atoms with E-state index in [0.29, 0.717) is 6.42 Å². The summed E-state index contributed by atoms with van der Waals surface area (Å²) >= 11 is 0. The molecule has 2 heteroatoms. The van der Waals surface area contributed by atoms with Crippen molar-refractivity contribution in [1.82, 2.24) is 0 Å². The van der Waals surface area contributed by atoms with Crippen molar-refractivity contribution in [2.45, 2.75) is 76.2 Å². The number of aliphatic hydroxyl groups is 1. The fourth-order valence-electron chi connectivity index (χ4n) is 3.65. The van der Waals surface area contributed by atoms with Crippen molar-refractivity contribution < 1.29 is 9.90 Å². The van der Waals surface area contributed by atoms with E-state index in [9.17, 15) is 9.90 Å². The zero-order valence-corrected chi connectivity index (χ0v) is 13.2. The van der Waals surface area contributed by atoms with Gasteiger partial charge in [-0.2, -0.15) is 0 Å². The Bertz CT molecular complexity index is 440. The number of aliphatic hydroxyl groups excluding tert-OH is 1. The minimum absolute atomic E-state index is 0.247. The molecule has 1 aliphatic rings. The molecule has 1 N–H and O–H groups in total. The third-order valence-electron chi connectivity index (χ3n) is 4.91. The predicted molar refractivity (Wildman–Crippen MR) is 86.4 cm³/mol. The first-order valence-corrected chi connectivity index (χ1v) is 8.48. The van der Waals surface area contributed by atoms with Gasteiger partial charge in [0.05, 0.1) is 11.5 Å². The van der Waals surface area contributed by atoms with Crippen molar-refractivity contribution in [1.29, 1.82) is 0 Å². The maximum Gasteiger partial charge on any atom is 0.146 e. The summed E-state index contributed by atoms with van der Waals surface area (Å²) in [7, 11) is 0. The van der Waals surface area contributed by atoms with Crippen molar-refractivity contribution in [3.05, 3.63) is 35.9 Å². The highest BCUT2D eigenvalue weighted by atomic mass is 16.3. The normalized spacial score (nSPS) is 25.7. The molecule has 0 bridgehead atoms. The van der Waals surface area contributed by atoms with Crippen LogP contribution in [0.25, 0.3) is 0 Å². The number of hydrogen-bond acceptors (Lipinski definition) is 2. The third kappa shape index (κ3) is 3.55. The highest BCUT2D eigenvalue weighted by Gasteiger charge is 2.46. The van der Waals surface area contributed by atoms with Crippen molar-refractivity contribution in [3.63, 3.8) is 0 Å². The van der Waals surface area contributed by atoms with E-state index in [0.717, 1.165) is 44.1 Å². The molecule has 116 valence electrons. The second kappa shape index (κ2) is 7.74. The first kappa shape index (κ1) is 16.2. The molecule has 1 aromatic rings. The van der Waals surface area contributed by atoms with E-state index in [1.807, 2.05) is 30.3 Å². The number of unbranched alkanes of at least 4 members (excludes halogenated alkanes) is 3. The quantitative estimate of drug-likeness (QED) is 0.755. The van der Waals surface area contributed by atoms with Crippen molar-refractivity contribution >= 4 is 5.78 Å². The average Bonchev–Trinajstić information content (AvgIpc) is 2.53. The van der Waals surface area contributed by atoms with Crippen LogP contribution in [0.3, 0.4) is 0 Å². The van der Waals surface area contributed by atoms with Gasteiger partial charge in [0.15, 0.2) is 0 Å². The van der Waals surface area contributed by atoms with Gasteiger partial charge in [0.25, 0.3) is 0 Å². The van der Waals surface area contributed by atoms with Crippen LogP contribution in [-0.2, 0) is 10.2 Å². The van der Waals surface area contributed by atoms with Gasteiger partial charge < -0.3 is 5.11 Å². The minimum atomic E-state index is -0.647. The zero-order valence-electron chi connectivity index (χ0n) is 13.2. The molecule has 1 aromatic carbocycles. The SMILES string of the molecule is CCCCCCC(=O)[C@]1(c2ccccc2)CCCC[C@@H]1O. The van der Waals surface area contributed by atoms with Gasteiger partial charge in [-0.1, -0.05) is 69.4 Å². The Hall–Kier alpha value is -1.15. The van der Waals surface area contributed by atoms with Crippen LogP contribution in [0.5, 0.6) is 0 Å². The molecule has 2 nitrogen and oxygen atoms in total. The number of ketones is 1. The molecule has 0 saturated heterocycles. The van der Waals surface area contributed by atoms with E-state index in [1.54, 1.807) is 0 Å². The monoisotopic (exact) mass is 288 g/mol. The molecule has 0 aromatic heterocycles. The first-order valence-electron chi connectivity index (χ1n) is 8.48. The Morgan fingerprint density at radius 1 is 1.19 bits per heavy atom. The van der Waals surface area contributed by atoms with Crippen LogP contribution in [0.2, 0.25) is 0 Å². The molecule has 0 heterocycles. The summed E-state index contributed by atoms with van der Waals surface area (Å²) in [5.74, 6) is 0.247. The summed E-state index contributed by atoms with van der Waals surface area (Å²) < 4.78 is 0. The van der Waals surface area contributed by atoms with E-state index in [1.165, 1.54) is 12.8 Å². The van der Waals surface area contributed by atoms with E-state index in [2.05, 4.69) is 6.92 Å². The van der Waals surface area contributed by atoms with Crippen molar-refractivity contribution in [2.75, 3.05) is 0 Å². The van der Waals surface area contributed by atoms with Gasteiger partial charge in [0, 0.05) is 6.42 Å². The van der Waals surface area contributed by atoms with E-state index in [4.69, 9.17) is 0 Å². The molecule has 0 aliphatic heterocycles. The van der Waals surface area contributed by atoms with Crippen LogP contribution in [0, 0.1) is 0 Å². The zero-order chi connectivity index (χ0) is 15.1. The molecular formula is C19H28O2.